The van der Waals surface area contributed by atoms with Crippen LogP contribution in [0.5, 0.6) is 0 Å². The van der Waals surface area contributed by atoms with Crippen molar-refractivity contribution in [1.82, 2.24) is 0 Å². The van der Waals surface area contributed by atoms with E-state index in [1.165, 1.54) is 25.9 Å². The molecule has 0 aromatic carbocycles. The molecule has 0 aromatic rings. The van der Waals surface area contributed by atoms with Crippen molar-refractivity contribution >= 4 is 5.97 Å². The number of quaternary nitrogens is 1. The summed E-state index contributed by atoms with van der Waals surface area (Å²) in [7, 11) is 0. The molecule has 1 atom stereocenters. The van der Waals surface area contributed by atoms with E-state index in [2.05, 4.69) is 0 Å². The number of carbonyl (C=O) groups excluding carboxylic acids is 1. The molecule has 1 N–H and O–H groups in total. The number of nitrogens with zero attached hydrogens (tertiary/aromatic N) is 1. The predicted octanol–water partition coefficient (Wildman–Crippen LogP) is 1.46. The van der Waals surface area contributed by atoms with Crippen LogP contribution in [-0.2, 0) is 9.53 Å². The Balaban J connectivity index is 1.89. The van der Waals surface area contributed by atoms with Crippen molar-refractivity contribution in [2.45, 2.75) is 57.7 Å². The van der Waals surface area contributed by atoms with Crippen LogP contribution in [0.4, 0.5) is 0 Å². The molecule has 0 aliphatic carbocycles. The number of rotatable bonds is 4. The van der Waals surface area contributed by atoms with E-state index in [1.54, 1.807) is 0 Å². The fraction of sp³-hybridized carbons (Fsp3) is 0.929. The lowest BCUT2D eigenvalue weighted by molar-refractivity contribution is -0.906. The molecule has 2 fully saturated rings. The van der Waals surface area contributed by atoms with Crippen LogP contribution < -0.4 is 0 Å². The van der Waals surface area contributed by atoms with E-state index in [0.717, 1.165) is 24.0 Å². The molecule has 2 heterocycles. The summed E-state index contributed by atoms with van der Waals surface area (Å²) < 4.78 is 6.67. The molecular weight excluding hydrogens is 230 g/mol. The first-order chi connectivity index (χ1) is 8.53. The summed E-state index contributed by atoms with van der Waals surface area (Å²) in [6.07, 6.45) is 4.42. The van der Waals surface area contributed by atoms with Crippen LogP contribution in [0.1, 0.15) is 46.0 Å². The summed E-state index contributed by atoms with van der Waals surface area (Å²) >= 11 is 0. The summed E-state index contributed by atoms with van der Waals surface area (Å²) in [4.78, 5) is 12.0. The Hall–Kier alpha value is -0.610. The highest BCUT2D eigenvalue weighted by atomic mass is 16.6. The Kier molecular flexibility index (Phi) is 3.97. The minimum absolute atomic E-state index is 0.0141. The average molecular weight is 256 g/mol. The second kappa shape index (κ2) is 5.17. The first-order valence-electron chi connectivity index (χ1n) is 7.32. The largest absolute Gasteiger partial charge is 0.454 e. The lowest BCUT2D eigenvalue weighted by Crippen LogP contribution is -2.45. The topological polar surface area (TPSA) is 46.5 Å². The maximum absolute atomic E-state index is 12.0. The number of ether oxygens (including phenoxy) is 1. The Morgan fingerprint density at radius 3 is 2.44 bits per heavy atom. The second-order valence-electron chi connectivity index (χ2n) is 5.96. The molecule has 18 heavy (non-hydrogen) atoms. The van der Waals surface area contributed by atoms with E-state index in [-0.39, 0.29) is 6.10 Å². The number of aliphatic hydroxyl groups is 1. The molecule has 104 valence electrons. The molecule has 2 saturated heterocycles. The Morgan fingerprint density at radius 1 is 1.28 bits per heavy atom. The zero-order valence-corrected chi connectivity index (χ0v) is 11.7. The van der Waals surface area contributed by atoms with E-state index in [9.17, 15) is 9.90 Å². The van der Waals surface area contributed by atoms with E-state index in [4.69, 9.17) is 4.74 Å². The van der Waals surface area contributed by atoms with Gasteiger partial charge in [-0.05, 0) is 12.8 Å². The Morgan fingerprint density at radius 2 is 1.89 bits per heavy atom. The van der Waals surface area contributed by atoms with Gasteiger partial charge in [0.2, 0.25) is 0 Å². The van der Waals surface area contributed by atoms with Gasteiger partial charge in [-0.2, -0.15) is 0 Å². The molecule has 1 unspecified atom stereocenters. The van der Waals surface area contributed by atoms with Gasteiger partial charge in [-0.15, -0.1) is 0 Å². The van der Waals surface area contributed by atoms with Crippen molar-refractivity contribution < 1.29 is 19.1 Å². The molecule has 4 nitrogen and oxygen atoms in total. The van der Waals surface area contributed by atoms with Gasteiger partial charge in [-0.1, -0.05) is 13.8 Å². The highest BCUT2D eigenvalue weighted by molar-refractivity contribution is 5.79. The molecule has 0 saturated carbocycles. The number of carbonyl (C=O) groups is 1. The molecule has 2 rings (SSSR count). The van der Waals surface area contributed by atoms with E-state index >= 15 is 0 Å². The molecule has 4 heteroatoms. The molecule has 0 amide bonds. The van der Waals surface area contributed by atoms with Crippen molar-refractivity contribution in [3.05, 3.63) is 0 Å². The molecular formula is C14H26NO3+. The third kappa shape index (κ3) is 2.54. The van der Waals surface area contributed by atoms with Gasteiger partial charge in [0.25, 0.3) is 0 Å². The van der Waals surface area contributed by atoms with Gasteiger partial charge in [0.1, 0.15) is 6.54 Å². The first kappa shape index (κ1) is 13.8. The second-order valence-corrected chi connectivity index (χ2v) is 5.96. The smallest absolute Gasteiger partial charge is 0.338 e. The number of hydrogen-bond donors (Lipinski definition) is 1. The van der Waals surface area contributed by atoms with Crippen molar-refractivity contribution in [3.8, 4) is 0 Å². The quantitative estimate of drug-likeness (QED) is 0.612. The van der Waals surface area contributed by atoms with Gasteiger partial charge in [0, 0.05) is 19.3 Å². The van der Waals surface area contributed by atoms with Gasteiger partial charge in [-0.25, -0.2) is 4.79 Å². The summed E-state index contributed by atoms with van der Waals surface area (Å²) in [5.41, 5.74) is -1.28. The Bertz CT molecular complexity index is 306. The van der Waals surface area contributed by atoms with Crippen LogP contribution in [-0.4, -0.2) is 53.4 Å². The highest BCUT2D eigenvalue weighted by Crippen LogP contribution is 2.29. The molecule has 0 radical (unpaired) electrons. The maximum Gasteiger partial charge on any atom is 0.338 e. The van der Waals surface area contributed by atoms with E-state index < -0.39 is 11.6 Å². The van der Waals surface area contributed by atoms with Gasteiger partial charge < -0.3 is 14.3 Å². The highest BCUT2D eigenvalue weighted by Gasteiger charge is 2.44. The van der Waals surface area contributed by atoms with Crippen LogP contribution in [0.3, 0.4) is 0 Å². The van der Waals surface area contributed by atoms with Crippen LogP contribution in [0.15, 0.2) is 0 Å². The zero-order valence-electron chi connectivity index (χ0n) is 11.7. The van der Waals surface area contributed by atoms with Gasteiger partial charge in [0.05, 0.1) is 19.6 Å². The SMILES string of the molecule is CCC(O)(CC)C(=O)OC1CC[N+]2(CCCC2)C1. The summed E-state index contributed by atoms with van der Waals surface area (Å²) in [5.74, 6) is -0.420. The summed E-state index contributed by atoms with van der Waals surface area (Å²) in [6, 6.07) is 0. The lowest BCUT2D eigenvalue weighted by Gasteiger charge is -2.29. The lowest BCUT2D eigenvalue weighted by atomic mass is 9.98. The van der Waals surface area contributed by atoms with Crippen molar-refractivity contribution in [2.75, 3.05) is 26.2 Å². The molecule has 0 aromatic heterocycles. The summed E-state index contributed by atoms with van der Waals surface area (Å²) in [5, 5.41) is 10.1. The molecule has 2 aliphatic rings. The number of hydrogen-bond acceptors (Lipinski definition) is 3. The van der Waals surface area contributed by atoms with Gasteiger partial charge in [-0.3, -0.25) is 0 Å². The number of esters is 1. The first-order valence-corrected chi connectivity index (χ1v) is 7.32. The molecule has 1 spiro atoms. The van der Waals surface area contributed by atoms with Crippen molar-refractivity contribution in [2.24, 2.45) is 0 Å². The minimum atomic E-state index is -1.28. The fourth-order valence-corrected chi connectivity index (χ4v) is 3.34. The van der Waals surface area contributed by atoms with E-state index in [0.29, 0.717) is 12.8 Å². The normalized spacial score (nSPS) is 26.7. The van der Waals surface area contributed by atoms with Crippen LogP contribution in [0.2, 0.25) is 0 Å². The Labute approximate surface area is 110 Å². The maximum atomic E-state index is 12.0. The van der Waals surface area contributed by atoms with Crippen molar-refractivity contribution in [1.29, 1.82) is 0 Å². The average Bonchev–Trinajstić information content (AvgIpc) is 2.99. The van der Waals surface area contributed by atoms with Gasteiger partial charge in [0.15, 0.2) is 11.7 Å². The monoisotopic (exact) mass is 256 g/mol. The third-order valence-corrected chi connectivity index (χ3v) is 4.85. The van der Waals surface area contributed by atoms with E-state index in [1.807, 2.05) is 13.8 Å². The van der Waals surface area contributed by atoms with Crippen LogP contribution in [0, 0.1) is 0 Å². The van der Waals surface area contributed by atoms with Gasteiger partial charge >= 0.3 is 5.97 Å². The van der Waals surface area contributed by atoms with Crippen LogP contribution in [0.25, 0.3) is 0 Å². The fourth-order valence-electron chi connectivity index (χ4n) is 3.34. The molecule has 0 bridgehead atoms. The standard InChI is InChI=1S/C14H26NO3/c1-3-14(17,4-2)13(16)18-12-7-10-15(11-12)8-5-6-9-15/h12,17H,3-11H2,1-2H3/q+1. The van der Waals surface area contributed by atoms with Crippen LogP contribution >= 0.6 is 0 Å². The predicted molar refractivity (Wildman–Crippen MR) is 69.0 cm³/mol. The summed E-state index contributed by atoms with van der Waals surface area (Å²) in [6.45, 7) is 8.21. The van der Waals surface area contributed by atoms with Crippen molar-refractivity contribution in [3.63, 3.8) is 0 Å². The minimum Gasteiger partial charge on any atom is -0.454 e. The molecule has 2 aliphatic heterocycles. The zero-order chi connectivity index (χ0) is 13.2. The third-order valence-electron chi connectivity index (χ3n) is 4.85.